The highest BCUT2D eigenvalue weighted by Gasteiger charge is 2.19. The van der Waals surface area contributed by atoms with Gasteiger partial charge in [0.1, 0.15) is 5.82 Å². The van der Waals surface area contributed by atoms with Crippen molar-refractivity contribution in [1.82, 2.24) is 5.32 Å². The maximum atomic E-state index is 13.5. The molecule has 0 aliphatic heterocycles. The lowest BCUT2D eigenvalue weighted by molar-refractivity contribution is 0.0937. The third-order valence-electron chi connectivity index (χ3n) is 3.50. The van der Waals surface area contributed by atoms with E-state index in [9.17, 15) is 9.18 Å². The average molecular weight is 266 g/mol. The first kappa shape index (κ1) is 14.0. The summed E-state index contributed by atoms with van der Waals surface area (Å²) in [6, 6.07) is 3.48. The van der Waals surface area contributed by atoms with Crippen molar-refractivity contribution in [3.63, 3.8) is 0 Å². The summed E-state index contributed by atoms with van der Waals surface area (Å²) in [5, 5.41) is 11.9. The molecule has 0 radical (unpaired) electrons. The molecule has 0 saturated heterocycles. The van der Waals surface area contributed by atoms with Crippen molar-refractivity contribution in [2.24, 2.45) is 5.73 Å². The van der Waals surface area contributed by atoms with Gasteiger partial charge < -0.3 is 16.2 Å². The normalized spacial score (nSPS) is 17.4. The van der Waals surface area contributed by atoms with Gasteiger partial charge in [-0.15, -0.1) is 0 Å². The number of aliphatic hydroxyl groups excluding tert-OH is 1. The van der Waals surface area contributed by atoms with E-state index in [1.807, 2.05) is 0 Å². The second kappa shape index (κ2) is 6.12. The molecule has 2 rings (SSSR count). The lowest BCUT2D eigenvalue weighted by Gasteiger charge is -2.14. The molecule has 4 N–H and O–H groups in total. The number of carbonyl (C=O) groups is 1. The Kier molecular flexibility index (Phi) is 4.50. The van der Waals surface area contributed by atoms with Gasteiger partial charge in [-0.25, -0.2) is 4.39 Å². The van der Waals surface area contributed by atoms with Crippen molar-refractivity contribution < 1.29 is 14.3 Å². The van der Waals surface area contributed by atoms with E-state index < -0.39 is 11.9 Å². The van der Waals surface area contributed by atoms with Crippen molar-refractivity contribution in [2.45, 2.75) is 37.8 Å². The second-order valence-corrected chi connectivity index (χ2v) is 5.02. The molecule has 1 unspecified atom stereocenters. The summed E-state index contributed by atoms with van der Waals surface area (Å²) >= 11 is 0. The molecule has 1 fully saturated rings. The second-order valence-electron chi connectivity index (χ2n) is 5.02. The smallest absolute Gasteiger partial charge is 0.251 e. The fraction of sp³-hybridized carbons (Fsp3) is 0.500. The van der Waals surface area contributed by atoms with Crippen LogP contribution >= 0.6 is 0 Å². The molecule has 0 aromatic heterocycles. The maximum absolute atomic E-state index is 13.5. The van der Waals surface area contributed by atoms with Crippen LogP contribution in [-0.4, -0.2) is 23.7 Å². The summed E-state index contributed by atoms with van der Waals surface area (Å²) in [6.45, 7) is -0.285. The zero-order valence-corrected chi connectivity index (χ0v) is 10.7. The van der Waals surface area contributed by atoms with Crippen LogP contribution in [-0.2, 0) is 0 Å². The first-order valence-corrected chi connectivity index (χ1v) is 6.58. The summed E-state index contributed by atoms with van der Waals surface area (Å²) in [6.07, 6.45) is 4.19. The standard InChI is InChI=1S/C14H19FN2O2/c15-11-6-9(13(16)8-18)5-10(7-11)14(19)17-12-3-1-2-4-12/h5-7,12-13,18H,1-4,8,16H2,(H,17,19). The Hall–Kier alpha value is -1.46. The van der Waals surface area contributed by atoms with Crippen LogP contribution in [0, 0.1) is 5.82 Å². The molecule has 0 bridgehead atoms. The van der Waals surface area contributed by atoms with E-state index >= 15 is 0 Å². The molecular weight excluding hydrogens is 247 g/mol. The van der Waals surface area contributed by atoms with E-state index in [1.165, 1.54) is 18.2 Å². The van der Waals surface area contributed by atoms with E-state index in [1.54, 1.807) is 0 Å². The molecular formula is C14H19FN2O2. The van der Waals surface area contributed by atoms with Crippen LogP contribution in [0.3, 0.4) is 0 Å². The number of nitrogens with one attached hydrogen (secondary N) is 1. The van der Waals surface area contributed by atoms with Gasteiger partial charge in [-0.1, -0.05) is 12.8 Å². The highest BCUT2D eigenvalue weighted by molar-refractivity contribution is 5.94. The minimum absolute atomic E-state index is 0.186. The Morgan fingerprint density at radius 3 is 2.74 bits per heavy atom. The molecule has 104 valence electrons. The Balaban J connectivity index is 2.14. The van der Waals surface area contributed by atoms with Gasteiger partial charge in [0, 0.05) is 11.6 Å². The maximum Gasteiger partial charge on any atom is 0.251 e. The van der Waals surface area contributed by atoms with Crippen molar-refractivity contribution in [1.29, 1.82) is 0 Å². The third kappa shape index (κ3) is 3.52. The van der Waals surface area contributed by atoms with Crippen LogP contribution in [0.2, 0.25) is 0 Å². The monoisotopic (exact) mass is 266 g/mol. The molecule has 0 spiro atoms. The number of nitrogens with two attached hydrogens (primary N) is 1. The first-order valence-electron chi connectivity index (χ1n) is 6.58. The van der Waals surface area contributed by atoms with E-state index in [0.717, 1.165) is 25.7 Å². The quantitative estimate of drug-likeness (QED) is 0.773. The molecule has 1 amide bonds. The van der Waals surface area contributed by atoms with Crippen LogP contribution in [0.15, 0.2) is 18.2 Å². The van der Waals surface area contributed by atoms with Gasteiger partial charge in [0.25, 0.3) is 5.91 Å². The molecule has 0 heterocycles. The number of hydrogen-bond acceptors (Lipinski definition) is 3. The summed E-state index contributed by atoms with van der Waals surface area (Å²) in [5.74, 6) is -0.796. The number of aliphatic hydroxyl groups is 1. The molecule has 1 aliphatic rings. The van der Waals surface area contributed by atoms with Gasteiger partial charge in [-0.3, -0.25) is 4.79 Å². The fourth-order valence-corrected chi connectivity index (χ4v) is 2.40. The Morgan fingerprint density at radius 1 is 1.42 bits per heavy atom. The Labute approximate surface area is 111 Å². The molecule has 1 saturated carbocycles. The highest BCUT2D eigenvalue weighted by atomic mass is 19.1. The molecule has 19 heavy (non-hydrogen) atoms. The van der Waals surface area contributed by atoms with Crippen LogP contribution in [0.25, 0.3) is 0 Å². The van der Waals surface area contributed by atoms with Crippen LogP contribution in [0.5, 0.6) is 0 Å². The molecule has 4 nitrogen and oxygen atoms in total. The third-order valence-corrected chi connectivity index (χ3v) is 3.50. The summed E-state index contributed by atoms with van der Waals surface area (Å²) in [4.78, 5) is 12.0. The van der Waals surface area contributed by atoms with Crippen LogP contribution in [0.1, 0.15) is 47.6 Å². The topological polar surface area (TPSA) is 75.3 Å². The fourth-order valence-electron chi connectivity index (χ4n) is 2.40. The number of benzene rings is 1. The number of amides is 1. The lowest BCUT2D eigenvalue weighted by atomic mass is 10.0. The van der Waals surface area contributed by atoms with Crippen molar-refractivity contribution in [3.05, 3.63) is 35.1 Å². The zero-order chi connectivity index (χ0) is 13.8. The van der Waals surface area contributed by atoms with Gasteiger partial charge in [0.15, 0.2) is 0 Å². The number of rotatable bonds is 4. The van der Waals surface area contributed by atoms with Crippen molar-refractivity contribution >= 4 is 5.91 Å². The van der Waals surface area contributed by atoms with E-state index in [-0.39, 0.29) is 24.1 Å². The van der Waals surface area contributed by atoms with E-state index in [2.05, 4.69) is 5.32 Å². The van der Waals surface area contributed by atoms with Gasteiger partial charge >= 0.3 is 0 Å². The van der Waals surface area contributed by atoms with Crippen molar-refractivity contribution in [2.75, 3.05) is 6.61 Å². The largest absolute Gasteiger partial charge is 0.394 e. The minimum atomic E-state index is -0.672. The predicted octanol–water partition coefficient (Wildman–Crippen LogP) is 1.49. The molecule has 1 aromatic rings. The molecule has 1 aromatic carbocycles. The molecule has 1 aliphatic carbocycles. The zero-order valence-electron chi connectivity index (χ0n) is 10.7. The lowest BCUT2D eigenvalue weighted by Crippen LogP contribution is -2.32. The number of halogens is 1. The summed E-state index contributed by atoms with van der Waals surface area (Å²) in [7, 11) is 0. The summed E-state index contributed by atoms with van der Waals surface area (Å²) < 4.78 is 13.5. The molecule has 1 atom stereocenters. The van der Waals surface area contributed by atoms with Crippen LogP contribution < -0.4 is 11.1 Å². The van der Waals surface area contributed by atoms with Gasteiger partial charge in [-0.05, 0) is 36.6 Å². The van der Waals surface area contributed by atoms with Crippen molar-refractivity contribution in [3.8, 4) is 0 Å². The highest BCUT2D eigenvalue weighted by Crippen LogP contribution is 2.19. The predicted molar refractivity (Wildman–Crippen MR) is 70.1 cm³/mol. The van der Waals surface area contributed by atoms with E-state index in [0.29, 0.717) is 5.56 Å². The van der Waals surface area contributed by atoms with Gasteiger partial charge in [0.05, 0.1) is 12.6 Å². The summed E-state index contributed by atoms with van der Waals surface area (Å²) in [5.41, 5.74) is 6.33. The minimum Gasteiger partial charge on any atom is -0.394 e. The average Bonchev–Trinajstić information content (AvgIpc) is 2.89. The Morgan fingerprint density at radius 2 is 2.11 bits per heavy atom. The first-order chi connectivity index (χ1) is 9.10. The van der Waals surface area contributed by atoms with Gasteiger partial charge in [-0.2, -0.15) is 0 Å². The Bertz CT molecular complexity index is 459. The van der Waals surface area contributed by atoms with Gasteiger partial charge in [0.2, 0.25) is 0 Å². The SMILES string of the molecule is NC(CO)c1cc(F)cc(C(=O)NC2CCCC2)c1. The number of carbonyl (C=O) groups excluding carboxylic acids is 1. The number of hydrogen-bond donors (Lipinski definition) is 3. The van der Waals surface area contributed by atoms with E-state index in [4.69, 9.17) is 10.8 Å². The van der Waals surface area contributed by atoms with Crippen LogP contribution in [0.4, 0.5) is 4.39 Å². The molecule has 5 heteroatoms.